The molecule has 0 N–H and O–H groups in total. The highest BCUT2D eigenvalue weighted by Crippen LogP contribution is 2.44. The average Bonchev–Trinajstić information content (AvgIpc) is 3.23. The zero-order chi connectivity index (χ0) is 26.8. The summed E-state index contributed by atoms with van der Waals surface area (Å²) in [6.45, 7) is 11.1. The van der Waals surface area contributed by atoms with E-state index in [2.05, 4.69) is 38.3 Å². The molecule has 2 heterocycles. The van der Waals surface area contributed by atoms with Crippen LogP contribution in [0.2, 0.25) is 0 Å². The molecule has 1 fully saturated rings. The Hall–Kier alpha value is -3.87. The maximum atomic E-state index is 13.6. The van der Waals surface area contributed by atoms with Gasteiger partial charge in [-0.1, -0.05) is 32.0 Å². The maximum Gasteiger partial charge on any atom is 0.270 e. The van der Waals surface area contributed by atoms with Crippen LogP contribution in [0.3, 0.4) is 0 Å². The molecule has 0 unspecified atom stereocenters. The Morgan fingerprint density at radius 1 is 1.14 bits per heavy atom. The highest BCUT2D eigenvalue weighted by atomic mass is 16.6. The molecule has 7 heteroatoms. The second-order valence-electron chi connectivity index (χ2n) is 11.1. The first-order valence-electron chi connectivity index (χ1n) is 12.7. The molecule has 1 aromatic heterocycles. The van der Waals surface area contributed by atoms with Crippen molar-refractivity contribution in [2.75, 3.05) is 7.05 Å². The number of hydrogen-bond donors (Lipinski definition) is 0. The van der Waals surface area contributed by atoms with Crippen molar-refractivity contribution in [1.82, 2.24) is 4.57 Å². The van der Waals surface area contributed by atoms with Gasteiger partial charge in [0.15, 0.2) is 17.3 Å². The molecular weight excluding hydrogens is 466 g/mol. The number of carbonyl (C=O) groups is 2. The number of aryl methyl sites for hydroxylation is 1. The minimum Gasteiger partial charge on any atom is -0.345 e. The zero-order valence-corrected chi connectivity index (χ0v) is 22.2. The first-order chi connectivity index (χ1) is 17.4. The molecule has 3 aromatic rings. The largest absolute Gasteiger partial charge is 0.345 e. The zero-order valence-electron chi connectivity index (χ0n) is 22.2. The van der Waals surface area contributed by atoms with Crippen LogP contribution in [0.5, 0.6) is 0 Å². The molecule has 2 aromatic carbocycles. The lowest BCUT2D eigenvalue weighted by Gasteiger charge is -2.27. The third kappa shape index (κ3) is 3.67. The number of hydrogen-bond acceptors (Lipinski definition) is 4. The number of allylic oxidation sites excluding steroid dienone is 2. The summed E-state index contributed by atoms with van der Waals surface area (Å²) in [5.41, 5.74) is 5.14. The molecule has 2 aliphatic rings. The summed E-state index contributed by atoms with van der Waals surface area (Å²) in [4.78, 5) is 38.2. The van der Waals surface area contributed by atoms with Crippen molar-refractivity contribution in [3.05, 3.63) is 81.0 Å². The number of nitrogens with zero attached hydrogens (tertiary/aromatic N) is 3. The monoisotopic (exact) mass is 498 g/mol. The van der Waals surface area contributed by atoms with Gasteiger partial charge in [-0.15, -0.1) is 0 Å². The average molecular weight is 499 g/mol. The SMILES string of the molecule is Cc1c(C2C(=O)C(=CC3=[N+](C)c4ccccc4C3(C)C)C2=O)c2cc([N+](=O)[O-])ccc2n1CCC(C)C. The van der Waals surface area contributed by atoms with E-state index in [1.165, 1.54) is 12.1 Å². The van der Waals surface area contributed by atoms with Crippen molar-refractivity contribution in [1.29, 1.82) is 0 Å². The molecule has 0 atom stereocenters. The second kappa shape index (κ2) is 8.61. The van der Waals surface area contributed by atoms with E-state index in [0.717, 1.165) is 34.6 Å². The summed E-state index contributed by atoms with van der Waals surface area (Å²) < 4.78 is 4.14. The number of ketones is 2. The summed E-state index contributed by atoms with van der Waals surface area (Å²) >= 11 is 0. The first kappa shape index (κ1) is 24.8. The van der Waals surface area contributed by atoms with E-state index in [4.69, 9.17) is 0 Å². The van der Waals surface area contributed by atoms with Gasteiger partial charge in [0, 0.05) is 53.0 Å². The van der Waals surface area contributed by atoms with Crippen molar-refractivity contribution in [2.45, 2.75) is 58.9 Å². The Labute approximate surface area is 216 Å². The van der Waals surface area contributed by atoms with Gasteiger partial charge in [-0.05, 0) is 44.7 Å². The van der Waals surface area contributed by atoms with Gasteiger partial charge in [-0.2, -0.15) is 4.58 Å². The minimum atomic E-state index is -0.936. The topological polar surface area (TPSA) is 85.2 Å². The number of Topliss-reactive ketones (excluding diaryl/α,β-unsaturated/α-hetero) is 2. The van der Waals surface area contributed by atoms with Crippen LogP contribution in [0.4, 0.5) is 11.4 Å². The third-order valence-electron chi connectivity index (χ3n) is 8.06. The molecule has 1 aliphatic heterocycles. The molecule has 1 aliphatic carbocycles. The summed E-state index contributed by atoms with van der Waals surface area (Å²) in [7, 11) is 1.96. The normalized spacial score (nSPS) is 18.6. The lowest BCUT2D eigenvalue weighted by molar-refractivity contribution is -0.401. The van der Waals surface area contributed by atoms with Crippen LogP contribution in [-0.4, -0.2) is 38.4 Å². The lowest BCUT2D eigenvalue weighted by atomic mass is 9.70. The number of rotatable bonds is 6. The van der Waals surface area contributed by atoms with Crippen LogP contribution < -0.4 is 0 Å². The Kier molecular flexibility index (Phi) is 5.77. The van der Waals surface area contributed by atoms with Crippen LogP contribution in [0, 0.1) is 23.0 Å². The number of carbonyl (C=O) groups excluding carboxylic acids is 2. The number of para-hydroxylation sites is 1. The van der Waals surface area contributed by atoms with E-state index < -0.39 is 10.8 Å². The van der Waals surface area contributed by atoms with Gasteiger partial charge in [-0.25, -0.2) is 0 Å². The molecule has 0 spiro atoms. The number of nitro benzene ring substituents is 1. The van der Waals surface area contributed by atoms with Gasteiger partial charge in [0.25, 0.3) is 5.69 Å². The van der Waals surface area contributed by atoms with Gasteiger partial charge in [0.05, 0.1) is 15.9 Å². The lowest BCUT2D eigenvalue weighted by Crippen LogP contribution is -2.41. The summed E-state index contributed by atoms with van der Waals surface area (Å²) in [6, 6.07) is 12.8. The number of benzene rings is 2. The number of non-ortho nitro benzene ring substituents is 1. The Bertz CT molecular complexity index is 1550. The fourth-order valence-corrected chi connectivity index (χ4v) is 5.92. The summed E-state index contributed by atoms with van der Waals surface area (Å²) in [5.74, 6) is -0.924. The molecular formula is C30H32N3O4+. The first-order valence-corrected chi connectivity index (χ1v) is 12.7. The molecule has 7 nitrogen and oxygen atoms in total. The van der Waals surface area contributed by atoms with Gasteiger partial charge in [0.1, 0.15) is 13.0 Å². The van der Waals surface area contributed by atoms with Crippen LogP contribution in [-0.2, 0) is 21.5 Å². The number of aromatic nitrogens is 1. The standard InChI is InChI=1S/C30H32N3O4/c1-17(2)13-14-32-18(3)26(20-15-19(33(36)37)11-12-23(20)32)27-28(34)21(29(27)35)16-25-30(4,5)22-9-7-8-10-24(22)31(25)6/h7-12,15-17,27H,13-14H2,1-6H3/q+1. The van der Waals surface area contributed by atoms with Crippen molar-refractivity contribution in [3.8, 4) is 0 Å². The van der Waals surface area contributed by atoms with Crippen molar-refractivity contribution < 1.29 is 19.1 Å². The third-order valence-corrected chi connectivity index (χ3v) is 8.06. The predicted octanol–water partition coefficient (Wildman–Crippen LogP) is 5.77. The van der Waals surface area contributed by atoms with Crippen molar-refractivity contribution in [2.24, 2.45) is 5.92 Å². The molecule has 5 rings (SSSR count). The van der Waals surface area contributed by atoms with Crippen molar-refractivity contribution in [3.63, 3.8) is 0 Å². The van der Waals surface area contributed by atoms with E-state index in [1.54, 1.807) is 12.1 Å². The second-order valence-corrected chi connectivity index (χ2v) is 11.1. The smallest absolute Gasteiger partial charge is 0.270 e. The van der Waals surface area contributed by atoms with E-state index in [1.807, 2.05) is 36.7 Å². The highest BCUT2D eigenvalue weighted by Gasteiger charge is 2.50. The van der Waals surface area contributed by atoms with Crippen LogP contribution >= 0.6 is 0 Å². The fraction of sp³-hybridized carbons (Fsp3) is 0.367. The Morgan fingerprint density at radius 3 is 2.43 bits per heavy atom. The summed E-state index contributed by atoms with van der Waals surface area (Å²) in [6.07, 6.45) is 2.66. The molecule has 0 amide bonds. The fourth-order valence-electron chi connectivity index (χ4n) is 5.92. The summed E-state index contributed by atoms with van der Waals surface area (Å²) in [5, 5.41) is 12.1. The maximum absolute atomic E-state index is 13.6. The van der Waals surface area contributed by atoms with E-state index in [-0.39, 0.29) is 28.2 Å². The van der Waals surface area contributed by atoms with E-state index >= 15 is 0 Å². The molecule has 0 radical (unpaired) electrons. The minimum absolute atomic E-state index is 0.0487. The molecule has 0 bridgehead atoms. The van der Waals surface area contributed by atoms with E-state index in [0.29, 0.717) is 23.4 Å². The molecule has 1 saturated carbocycles. The van der Waals surface area contributed by atoms with Gasteiger partial charge >= 0.3 is 0 Å². The van der Waals surface area contributed by atoms with Crippen molar-refractivity contribution >= 4 is 39.6 Å². The predicted molar refractivity (Wildman–Crippen MR) is 144 cm³/mol. The quantitative estimate of drug-likeness (QED) is 0.108. The van der Waals surface area contributed by atoms with Gasteiger partial charge in [0.2, 0.25) is 5.69 Å². The number of fused-ring (bicyclic) bond motifs is 2. The molecule has 0 saturated heterocycles. The highest BCUT2D eigenvalue weighted by molar-refractivity contribution is 6.44. The van der Waals surface area contributed by atoms with Crippen LogP contribution in [0.25, 0.3) is 10.9 Å². The van der Waals surface area contributed by atoms with Crippen LogP contribution in [0.15, 0.2) is 54.1 Å². The number of nitro groups is 1. The van der Waals surface area contributed by atoms with Crippen LogP contribution in [0.1, 0.15) is 56.9 Å². The molecule has 190 valence electrons. The Morgan fingerprint density at radius 2 is 1.81 bits per heavy atom. The van der Waals surface area contributed by atoms with Gasteiger partial charge < -0.3 is 4.57 Å². The van der Waals surface area contributed by atoms with E-state index in [9.17, 15) is 19.7 Å². The van der Waals surface area contributed by atoms with Gasteiger partial charge in [-0.3, -0.25) is 19.7 Å². The Balaban J connectivity index is 1.59. The molecule has 37 heavy (non-hydrogen) atoms.